The summed E-state index contributed by atoms with van der Waals surface area (Å²) < 4.78 is 222. The molecule has 4 heterocycles. The topological polar surface area (TPSA) is 48.5 Å². The number of para-hydroxylation sites is 4. The van der Waals surface area contributed by atoms with Gasteiger partial charge in [-0.3, -0.25) is 9.55 Å². The van der Waals surface area contributed by atoms with E-state index in [1.807, 2.05) is 0 Å². The summed E-state index contributed by atoms with van der Waals surface area (Å²) in [6.07, 6.45) is -1.66. The van der Waals surface area contributed by atoms with E-state index in [1.165, 1.54) is 0 Å². The third kappa shape index (κ3) is 3.69. The molecule has 0 bridgehead atoms. The summed E-state index contributed by atoms with van der Waals surface area (Å²) >= 11 is 0. The fourth-order valence-corrected chi connectivity index (χ4v) is 4.98. The molecular weight excluding hydrogens is 538 g/mol. The van der Waals surface area contributed by atoms with Crippen molar-refractivity contribution in [1.82, 2.24) is 24.1 Å². The van der Waals surface area contributed by atoms with Crippen LogP contribution in [0.1, 0.15) is 34.3 Å². The molecule has 0 saturated heterocycles. The van der Waals surface area contributed by atoms with Gasteiger partial charge in [0.2, 0.25) is 0 Å². The van der Waals surface area contributed by atoms with Gasteiger partial charge in [-0.05, 0) is 36.3 Å². The molecule has 9 aromatic rings. The number of pyridine rings is 1. The van der Waals surface area contributed by atoms with Gasteiger partial charge in [0, 0.05) is 44.9 Å². The molecule has 5 heteroatoms. The van der Waals surface area contributed by atoms with E-state index in [2.05, 4.69) is 15.0 Å². The van der Waals surface area contributed by atoms with Crippen molar-refractivity contribution in [3.8, 4) is 34.2 Å². The van der Waals surface area contributed by atoms with Gasteiger partial charge in [-0.25, -0.2) is 9.97 Å². The van der Waals surface area contributed by atoms with Crippen LogP contribution in [0.5, 0.6) is 0 Å². The Balaban J connectivity index is 1.61. The van der Waals surface area contributed by atoms with Crippen molar-refractivity contribution in [2.45, 2.75) is 0 Å². The molecule has 0 fully saturated rings. The first-order chi connectivity index (χ1) is 32.2. The molecule has 0 spiro atoms. The fourth-order valence-electron chi connectivity index (χ4n) is 4.98. The third-order valence-corrected chi connectivity index (χ3v) is 6.76. The van der Waals surface area contributed by atoms with Gasteiger partial charge >= 0.3 is 0 Å². The second-order valence-corrected chi connectivity index (χ2v) is 9.09. The maximum absolute atomic E-state index is 9.67. The second kappa shape index (κ2) is 9.75. The maximum atomic E-state index is 9.67. The van der Waals surface area contributed by atoms with E-state index < -0.39 is 229 Å². The van der Waals surface area contributed by atoms with Crippen LogP contribution in [0.3, 0.4) is 0 Å². The number of nitrogens with zero attached hydrogens (tertiary/aromatic N) is 5. The molecule has 0 unspecified atom stereocenters. The molecule has 5 nitrogen and oxygen atoms in total. The lowest BCUT2D eigenvalue weighted by Crippen LogP contribution is -2.04. The molecule has 0 saturated carbocycles. The zero-order valence-corrected chi connectivity index (χ0v) is 21.7. The summed E-state index contributed by atoms with van der Waals surface area (Å²) in [4.78, 5) is 12.8. The molecular formula is C39H25N5. The van der Waals surface area contributed by atoms with Crippen LogP contribution in [0.25, 0.3) is 77.8 Å². The van der Waals surface area contributed by atoms with E-state index in [0.717, 1.165) is 9.13 Å². The van der Waals surface area contributed by atoms with E-state index in [0.29, 0.717) is 0 Å². The summed E-state index contributed by atoms with van der Waals surface area (Å²) in [5.74, 6) is -1.84. The highest BCUT2D eigenvalue weighted by Crippen LogP contribution is 2.37. The maximum Gasteiger partial charge on any atom is 0.164 e. The largest absolute Gasteiger partial charge is 0.307 e. The van der Waals surface area contributed by atoms with Crippen molar-refractivity contribution in [2.75, 3.05) is 0 Å². The Bertz CT molecular complexity index is 3810. The van der Waals surface area contributed by atoms with Crippen LogP contribution in [0.15, 0.2) is 151 Å². The van der Waals surface area contributed by atoms with E-state index >= 15 is 0 Å². The molecule has 0 aliphatic carbocycles. The molecule has 0 amide bonds. The van der Waals surface area contributed by atoms with Crippen LogP contribution in [0.4, 0.5) is 0 Å². The summed E-state index contributed by atoms with van der Waals surface area (Å²) in [6.45, 7) is 0. The molecule has 44 heavy (non-hydrogen) atoms. The number of fused-ring (bicyclic) bond motifs is 6. The zero-order valence-electron chi connectivity index (χ0n) is 46.7. The molecule has 0 N–H and O–H groups in total. The van der Waals surface area contributed by atoms with Gasteiger partial charge in [-0.1, -0.05) is 96.7 Å². The van der Waals surface area contributed by atoms with Crippen molar-refractivity contribution >= 4 is 43.6 Å². The SMILES string of the molecule is [2H]c1nc([2H])c2c(c1[2H])c1c([2H])c([2H])c([2H])c([2H])c1n2-c1c([2H])c([2H])c([2H])c([2H])c1-c1nc(-c2c([2H])c([2H])c([2H])c([2H])c2[2H])c([2H])c(-n2c3c([2H])c([2H])c([2H])c([2H])c3c3c([2H])c([2H])c([2H])c([2H])c32)n1. The van der Waals surface area contributed by atoms with E-state index in [9.17, 15) is 4.11 Å². The minimum Gasteiger partial charge on any atom is -0.307 e. The summed E-state index contributed by atoms with van der Waals surface area (Å²) in [5, 5.41) is -1.93. The van der Waals surface area contributed by atoms with Gasteiger partial charge in [0.15, 0.2) is 5.82 Å². The summed E-state index contributed by atoms with van der Waals surface area (Å²) in [5.41, 5.74) is -5.72. The first kappa shape index (κ1) is 10.3. The normalized spacial score (nSPS) is 19.6. The molecule has 0 aliphatic heterocycles. The van der Waals surface area contributed by atoms with E-state index in [-0.39, 0.29) is 0 Å². The molecule has 4 aromatic heterocycles. The highest BCUT2D eigenvalue weighted by molar-refractivity contribution is 6.10. The Kier molecular flexibility index (Phi) is 2.28. The molecule has 0 aliphatic rings. The molecule has 0 atom stereocenters. The first-order valence-corrected chi connectivity index (χ1v) is 12.7. The number of benzene rings is 5. The Hall–Kier alpha value is -6.07. The van der Waals surface area contributed by atoms with E-state index in [4.69, 9.17) is 30.2 Å². The first-order valence-electron chi connectivity index (χ1n) is 25.2. The predicted molar refractivity (Wildman–Crippen MR) is 179 cm³/mol. The standard InChI is InChI=1S/C39H25N5/c1-2-12-26(13-3-1)32-24-38(44-34-19-9-5-14-27(34)28-15-6-10-20-35(28)44)42-39(41-32)31-17-7-11-21-36(31)43-33-18-8-4-16-29(33)30-22-23-40-25-37(30)43/h1-25H/i1D,2D,3D,4D,5D,6D,7D,8D,9D,10D,11D,12D,13D,14D,15D,16D,17D,18D,19D,20D,21D,22D,23D,24D,25D. The number of hydrogen-bond acceptors (Lipinski definition) is 3. The second-order valence-electron chi connectivity index (χ2n) is 9.09. The van der Waals surface area contributed by atoms with Crippen molar-refractivity contribution in [2.24, 2.45) is 0 Å². The van der Waals surface area contributed by atoms with Crippen LogP contribution in [-0.4, -0.2) is 24.1 Å². The fraction of sp³-hybridized carbons (Fsp3) is 0. The van der Waals surface area contributed by atoms with Gasteiger partial charge in [0.05, 0.1) is 73.9 Å². The Morgan fingerprint density at radius 2 is 1.07 bits per heavy atom. The zero-order chi connectivity index (χ0) is 50.8. The van der Waals surface area contributed by atoms with Crippen molar-refractivity contribution in [3.05, 3.63) is 151 Å². The quantitative estimate of drug-likeness (QED) is 0.206. The monoisotopic (exact) mass is 588 g/mol. The van der Waals surface area contributed by atoms with E-state index in [1.54, 1.807) is 0 Å². The number of aromatic nitrogens is 5. The molecule has 206 valence electrons. The molecule has 9 rings (SSSR count). The third-order valence-electron chi connectivity index (χ3n) is 6.76. The highest BCUT2D eigenvalue weighted by atomic mass is 15.1. The Morgan fingerprint density at radius 1 is 0.500 bits per heavy atom. The van der Waals surface area contributed by atoms with Gasteiger partial charge in [-0.15, -0.1) is 0 Å². The average molecular weight is 589 g/mol. The minimum absolute atomic E-state index is 0.461. The average Bonchev–Trinajstić information content (AvgIpc) is 3.87. The van der Waals surface area contributed by atoms with Crippen LogP contribution in [-0.2, 0) is 0 Å². The van der Waals surface area contributed by atoms with Crippen LogP contribution < -0.4 is 0 Å². The van der Waals surface area contributed by atoms with Crippen molar-refractivity contribution < 1.29 is 34.3 Å². The van der Waals surface area contributed by atoms with Crippen molar-refractivity contribution in [1.29, 1.82) is 0 Å². The lowest BCUT2D eigenvalue weighted by Gasteiger charge is -2.15. The molecule has 5 aromatic carbocycles. The van der Waals surface area contributed by atoms with Gasteiger partial charge in [0.25, 0.3) is 0 Å². The lowest BCUT2D eigenvalue weighted by molar-refractivity contribution is 1.04. The predicted octanol–water partition coefficient (Wildman–Crippen LogP) is 9.40. The van der Waals surface area contributed by atoms with Crippen LogP contribution in [0, 0.1) is 0 Å². The smallest absolute Gasteiger partial charge is 0.164 e. The molecule has 0 radical (unpaired) electrons. The van der Waals surface area contributed by atoms with Gasteiger partial charge in [0.1, 0.15) is 5.82 Å². The van der Waals surface area contributed by atoms with Gasteiger partial charge in [-0.2, -0.15) is 0 Å². The van der Waals surface area contributed by atoms with Crippen molar-refractivity contribution in [3.63, 3.8) is 0 Å². The number of hydrogen-bond donors (Lipinski definition) is 0. The lowest BCUT2D eigenvalue weighted by atomic mass is 10.1. The Morgan fingerprint density at radius 3 is 1.77 bits per heavy atom. The van der Waals surface area contributed by atoms with Crippen LogP contribution in [0.2, 0.25) is 0 Å². The van der Waals surface area contributed by atoms with Crippen LogP contribution >= 0.6 is 0 Å². The van der Waals surface area contributed by atoms with Gasteiger partial charge < -0.3 is 4.57 Å². The summed E-state index contributed by atoms with van der Waals surface area (Å²) in [7, 11) is 0. The minimum atomic E-state index is -1.04. The summed E-state index contributed by atoms with van der Waals surface area (Å²) in [6, 6.07) is -20.6. The number of rotatable bonds is 4. The highest BCUT2D eigenvalue weighted by Gasteiger charge is 2.20. The Labute approximate surface area is 288 Å².